The van der Waals surface area contributed by atoms with Crippen LogP contribution in [-0.2, 0) is 11.3 Å². The van der Waals surface area contributed by atoms with Crippen molar-refractivity contribution in [2.45, 2.75) is 18.6 Å². The van der Waals surface area contributed by atoms with Crippen molar-refractivity contribution in [1.82, 2.24) is 14.9 Å². The van der Waals surface area contributed by atoms with Gasteiger partial charge >= 0.3 is 0 Å². The molecule has 31 heavy (non-hydrogen) atoms. The average molecular weight is 474 g/mol. The number of thiophene rings is 1. The molecule has 0 aliphatic rings. The molecule has 0 radical (unpaired) electrons. The SMILES string of the molecule is Cc1cc(-n2c(SCC(=O)NCc3ccccc3Cl)nc3ccsc3c2=O)ccc1F. The van der Waals surface area contributed by atoms with E-state index in [0.717, 1.165) is 17.3 Å². The van der Waals surface area contributed by atoms with Gasteiger partial charge in [0.05, 0.1) is 17.0 Å². The Labute approximate surface area is 190 Å². The third-order valence-corrected chi connectivity index (χ3v) is 6.81. The van der Waals surface area contributed by atoms with Crippen molar-refractivity contribution in [1.29, 1.82) is 0 Å². The molecule has 2 aromatic carbocycles. The number of hydrogen-bond donors (Lipinski definition) is 1. The van der Waals surface area contributed by atoms with Crippen LogP contribution >= 0.6 is 34.7 Å². The van der Waals surface area contributed by atoms with Gasteiger partial charge in [-0.25, -0.2) is 9.37 Å². The zero-order valence-electron chi connectivity index (χ0n) is 16.4. The summed E-state index contributed by atoms with van der Waals surface area (Å²) in [6, 6.07) is 13.5. The van der Waals surface area contributed by atoms with E-state index in [4.69, 9.17) is 11.6 Å². The third kappa shape index (κ3) is 4.66. The number of hydrogen-bond acceptors (Lipinski definition) is 5. The monoisotopic (exact) mass is 473 g/mol. The first-order valence-electron chi connectivity index (χ1n) is 9.33. The molecule has 1 N–H and O–H groups in total. The standard InChI is InChI=1S/C22H17ClFN3O2S2/c1-13-10-15(6-7-17(13)24)27-21(29)20-18(8-9-30-20)26-22(27)31-12-19(28)25-11-14-4-2-3-5-16(14)23/h2-10H,11-12H2,1H3,(H,25,28). The number of thioether (sulfide) groups is 1. The fourth-order valence-corrected chi connectivity index (χ4v) is 4.81. The lowest BCUT2D eigenvalue weighted by Gasteiger charge is -2.13. The number of nitrogens with zero attached hydrogens (tertiary/aromatic N) is 2. The molecule has 9 heteroatoms. The highest BCUT2D eigenvalue weighted by molar-refractivity contribution is 7.99. The molecular formula is C22H17ClFN3O2S2. The Hall–Kier alpha value is -2.68. The molecule has 158 valence electrons. The van der Waals surface area contributed by atoms with Crippen molar-refractivity contribution in [3.63, 3.8) is 0 Å². The minimum atomic E-state index is -0.352. The molecule has 0 aliphatic heterocycles. The van der Waals surface area contributed by atoms with Crippen LogP contribution in [-0.4, -0.2) is 21.2 Å². The lowest BCUT2D eigenvalue weighted by atomic mass is 10.2. The molecule has 0 aliphatic carbocycles. The van der Waals surface area contributed by atoms with E-state index in [-0.39, 0.29) is 23.0 Å². The largest absolute Gasteiger partial charge is 0.351 e. The summed E-state index contributed by atoms with van der Waals surface area (Å²) in [7, 11) is 0. The molecule has 0 fully saturated rings. The summed E-state index contributed by atoms with van der Waals surface area (Å²) >= 11 is 8.57. The van der Waals surface area contributed by atoms with Gasteiger partial charge in [0.15, 0.2) is 5.16 Å². The minimum Gasteiger partial charge on any atom is -0.351 e. The number of rotatable bonds is 6. The Morgan fingerprint density at radius 3 is 2.84 bits per heavy atom. The van der Waals surface area contributed by atoms with Crippen LogP contribution in [0.2, 0.25) is 5.02 Å². The second kappa shape index (κ2) is 9.21. The molecule has 0 bridgehead atoms. The zero-order chi connectivity index (χ0) is 22.0. The Balaban J connectivity index is 1.59. The van der Waals surface area contributed by atoms with Crippen molar-refractivity contribution in [3.05, 3.63) is 86.2 Å². The van der Waals surface area contributed by atoms with Crippen molar-refractivity contribution >= 4 is 50.8 Å². The Bertz CT molecular complexity index is 1340. The van der Waals surface area contributed by atoms with Crippen LogP contribution in [0.1, 0.15) is 11.1 Å². The maximum atomic E-state index is 13.8. The summed E-state index contributed by atoms with van der Waals surface area (Å²) in [5, 5.41) is 5.58. The van der Waals surface area contributed by atoms with Crippen LogP contribution in [0, 0.1) is 12.7 Å². The van der Waals surface area contributed by atoms with Crippen LogP contribution < -0.4 is 10.9 Å². The second-order valence-electron chi connectivity index (χ2n) is 6.76. The Morgan fingerprint density at radius 2 is 2.06 bits per heavy atom. The maximum absolute atomic E-state index is 13.8. The van der Waals surface area contributed by atoms with Crippen LogP contribution in [0.25, 0.3) is 15.9 Å². The van der Waals surface area contributed by atoms with Gasteiger partial charge in [0.2, 0.25) is 5.91 Å². The molecule has 0 saturated carbocycles. The predicted molar refractivity (Wildman–Crippen MR) is 124 cm³/mol. The van der Waals surface area contributed by atoms with E-state index in [2.05, 4.69) is 10.3 Å². The van der Waals surface area contributed by atoms with E-state index in [1.165, 1.54) is 28.0 Å². The first-order chi connectivity index (χ1) is 14.9. The molecule has 1 amide bonds. The fraction of sp³-hybridized carbons (Fsp3) is 0.136. The van der Waals surface area contributed by atoms with Crippen molar-refractivity contribution in [2.75, 3.05) is 5.75 Å². The highest BCUT2D eigenvalue weighted by Crippen LogP contribution is 2.24. The summed E-state index contributed by atoms with van der Waals surface area (Å²) in [5.74, 6) is -0.506. The summed E-state index contributed by atoms with van der Waals surface area (Å²) in [4.78, 5) is 30.1. The topological polar surface area (TPSA) is 64.0 Å². The Kier molecular flexibility index (Phi) is 6.41. The molecule has 0 saturated heterocycles. The summed E-state index contributed by atoms with van der Waals surface area (Å²) in [6.45, 7) is 1.94. The number of carbonyl (C=O) groups is 1. The van der Waals surface area contributed by atoms with Crippen molar-refractivity contribution in [3.8, 4) is 5.69 Å². The third-order valence-electron chi connectivity index (χ3n) is 4.62. The van der Waals surface area contributed by atoms with Gasteiger partial charge < -0.3 is 5.32 Å². The molecule has 4 aromatic rings. The van der Waals surface area contributed by atoms with E-state index < -0.39 is 0 Å². The van der Waals surface area contributed by atoms with Gasteiger partial charge in [0, 0.05) is 11.6 Å². The first-order valence-corrected chi connectivity index (χ1v) is 11.6. The van der Waals surface area contributed by atoms with Gasteiger partial charge in [0.25, 0.3) is 5.56 Å². The number of halogens is 2. The highest BCUT2D eigenvalue weighted by atomic mass is 35.5. The molecule has 0 spiro atoms. The zero-order valence-corrected chi connectivity index (χ0v) is 18.8. The van der Waals surface area contributed by atoms with E-state index in [1.807, 2.05) is 18.2 Å². The lowest BCUT2D eigenvalue weighted by Crippen LogP contribution is -2.26. The fourth-order valence-electron chi connectivity index (χ4n) is 3.00. The van der Waals surface area contributed by atoms with Crippen molar-refractivity contribution < 1.29 is 9.18 Å². The number of carbonyl (C=O) groups excluding carboxylic acids is 1. The van der Waals surface area contributed by atoms with Crippen LogP contribution in [0.4, 0.5) is 4.39 Å². The number of aromatic nitrogens is 2. The lowest BCUT2D eigenvalue weighted by molar-refractivity contribution is -0.118. The minimum absolute atomic E-state index is 0.0622. The number of benzene rings is 2. The molecule has 2 aromatic heterocycles. The molecule has 0 atom stereocenters. The number of amides is 1. The molecule has 2 heterocycles. The van der Waals surface area contributed by atoms with Gasteiger partial charge in [-0.3, -0.25) is 14.2 Å². The number of aryl methyl sites for hydroxylation is 1. The predicted octanol–water partition coefficient (Wildman–Crippen LogP) is 4.96. The van der Waals surface area contributed by atoms with Gasteiger partial charge in [-0.2, -0.15) is 0 Å². The molecular weight excluding hydrogens is 457 g/mol. The quantitative estimate of drug-likeness (QED) is 0.317. The molecule has 5 nitrogen and oxygen atoms in total. The maximum Gasteiger partial charge on any atom is 0.276 e. The second-order valence-corrected chi connectivity index (χ2v) is 9.03. The van der Waals surface area contributed by atoms with Crippen LogP contribution in [0.15, 0.2) is 63.9 Å². The van der Waals surface area contributed by atoms with E-state index >= 15 is 0 Å². The molecule has 4 rings (SSSR count). The first kappa shape index (κ1) is 21.5. The van der Waals surface area contributed by atoms with Gasteiger partial charge in [-0.15, -0.1) is 11.3 Å². The van der Waals surface area contributed by atoms with Crippen LogP contribution in [0.5, 0.6) is 0 Å². The van der Waals surface area contributed by atoms with Crippen molar-refractivity contribution in [2.24, 2.45) is 0 Å². The van der Waals surface area contributed by atoms with E-state index in [9.17, 15) is 14.0 Å². The van der Waals surface area contributed by atoms with Gasteiger partial charge in [-0.1, -0.05) is 41.6 Å². The smallest absolute Gasteiger partial charge is 0.276 e. The van der Waals surface area contributed by atoms with Crippen LogP contribution in [0.3, 0.4) is 0 Å². The molecule has 0 unspecified atom stereocenters. The number of fused-ring (bicyclic) bond motifs is 1. The summed E-state index contributed by atoms with van der Waals surface area (Å²) in [6.07, 6.45) is 0. The van der Waals surface area contributed by atoms with Gasteiger partial charge in [0.1, 0.15) is 10.5 Å². The summed E-state index contributed by atoms with van der Waals surface area (Å²) in [5.41, 5.74) is 2.07. The normalized spacial score (nSPS) is 11.1. The number of nitrogens with one attached hydrogen (secondary N) is 1. The average Bonchev–Trinajstić information content (AvgIpc) is 3.23. The highest BCUT2D eigenvalue weighted by Gasteiger charge is 2.16. The van der Waals surface area contributed by atoms with E-state index in [0.29, 0.717) is 38.2 Å². The summed E-state index contributed by atoms with van der Waals surface area (Å²) < 4.78 is 15.7. The Morgan fingerprint density at radius 1 is 1.26 bits per heavy atom. The van der Waals surface area contributed by atoms with E-state index in [1.54, 1.807) is 30.5 Å². The van der Waals surface area contributed by atoms with Gasteiger partial charge in [-0.05, 0) is 53.8 Å².